The van der Waals surface area contributed by atoms with E-state index in [2.05, 4.69) is 82.2 Å². The molecule has 0 unspecified atom stereocenters. The zero-order valence-corrected chi connectivity index (χ0v) is 35.1. The van der Waals surface area contributed by atoms with E-state index in [9.17, 15) is 24.0 Å². The molecule has 16 nitrogen and oxygen atoms in total. The molecular formula is C43H64N8O8. The Kier molecular flexibility index (Phi) is 29.2. The Morgan fingerprint density at radius 1 is 0.864 bits per heavy atom. The molecule has 0 radical (unpaired) electrons. The number of rotatable bonds is 25. The van der Waals surface area contributed by atoms with Gasteiger partial charge in [-0.2, -0.15) is 4.99 Å². The molecule has 1 heterocycles. The van der Waals surface area contributed by atoms with E-state index in [1.165, 1.54) is 23.4 Å². The van der Waals surface area contributed by atoms with Gasteiger partial charge >= 0.3 is 17.9 Å². The first-order valence-corrected chi connectivity index (χ1v) is 19.4. The van der Waals surface area contributed by atoms with Crippen LogP contribution in [0.4, 0.5) is 0 Å². The fourth-order valence-electron chi connectivity index (χ4n) is 4.34. The number of carboxylic acids is 1. The molecule has 0 spiro atoms. The minimum absolute atomic E-state index is 0.0319. The maximum atomic E-state index is 13.2. The Balaban J connectivity index is 0.00000332. The van der Waals surface area contributed by atoms with Gasteiger partial charge in [-0.15, -0.1) is 0 Å². The van der Waals surface area contributed by atoms with E-state index < -0.39 is 41.2 Å². The van der Waals surface area contributed by atoms with Gasteiger partial charge in [0.05, 0.1) is 18.4 Å². The highest BCUT2D eigenvalue weighted by atomic mass is 16.6. The molecular weight excluding hydrogens is 757 g/mol. The number of hydrogen-bond acceptors (Lipinski definition) is 9. The first-order chi connectivity index (χ1) is 28.1. The highest BCUT2D eigenvalue weighted by Gasteiger charge is 2.40. The van der Waals surface area contributed by atoms with Crippen LogP contribution in [0.1, 0.15) is 88.9 Å². The highest BCUT2D eigenvalue weighted by Crippen LogP contribution is 2.26. The summed E-state index contributed by atoms with van der Waals surface area (Å²) in [5.74, 6) is -3.51. The number of pyridine rings is 1. The summed E-state index contributed by atoms with van der Waals surface area (Å²) < 4.78 is 11.0. The Bertz CT molecular complexity index is 1640. The molecule has 16 heteroatoms. The van der Waals surface area contributed by atoms with Crippen LogP contribution in [0.25, 0.3) is 0 Å². The second kappa shape index (κ2) is 32.7. The minimum atomic E-state index is -1.37. The molecule has 0 aliphatic heterocycles. The SMILES string of the molecule is CC/C=C\C/C=C\C/C=C\C/C=C\C/C=C\C/C=C\CC(=O)OCC(C)(C)[C@@H](OC(=O)c1cccnc1)C(=O)NCCC(=O)NCCC(=O)O.CN(C)C(=N)N=C(N)N. The largest absolute Gasteiger partial charge is 0.481 e. The Morgan fingerprint density at radius 2 is 1.39 bits per heavy atom. The van der Waals surface area contributed by atoms with E-state index in [4.69, 9.17) is 31.5 Å². The number of aliphatic carboxylic acids is 1. The lowest BCUT2D eigenvalue weighted by atomic mass is 9.86. The zero-order chi connectivity index (χ0) is 44.3. The molecule has 1 aromatic rings. The third-order valence-electron chi connectivity index (χ3n) is 7.53. The normalized spacial score (nSPS) is 12.1. The van der Waals surface area contributed by atoms with E-state index in [1.807, 2.05) is 12.2 Å². The lowest BCUT2D eigenvalue weighted by Gasteiger charge is -2.32. The van der Waals surface area contributed by atoms with Crippen molar-refractivity contribution in [1.29, 1.82) is 5.41 Å². The van der Waals surface area contributed by atoms with Crippen molar-refractivity contribution in [2.75, 3.05) is 33.8 Å². The smallest absolute Gasteiger partial charge is 0.340 e. The van der Waals surface area contributed by atoms with Crippen LogP contribution in [0.2, 0.25) is 0 Å². The van der Waals surface area contributed by atoms with Gasteiger partial charge in [0.1, 0.15) is 6.61 Å². The number of carbonyl (C=O) groups excluding carboxylic acids is 4. The molecule has 2 amide bonds. The van der Waals surface area contributed by atoms with Crippen LogP contribution < -0.4 is 22.1 Å². The molecule has 1 aromatic heterocycles. The number of allylic oxidation sites excluding steroid dienone is 11. The van der Waals surface area contributed by atoms with Crippen LogP contribution in [-0.4, -0.2) is 96.5 Å². The first kappa shape index (κ1) is 52.7. The number of carboxylic acid groups (broad SMARTS) is 1. The number of ether oxygens (including phenoxy) is 2. The number of hydrogen-bond donors (Lipinski definition) is 6. The summed E-state index contributed by atoms with van der Waals surface area (Å²) in [5.41, 5.74) is 8.98. The zero-order valence-electron chi connectivity index (χ0n) is 35.1. The van der Waals surface area contributed by atoms with Gasteiger partial charge in [-0.1, -0.05) is 93.7 Å². The van der Waals surface area contributed by atoms with Gasteiger partial charge in [0.2, 0.25) is 11.9 Å². The molecule has 8 N–H and O–H groups in total. The minimum Gasteiger partial charge on any atom is -0.481 e. The maximum Gasteiger partial charge on any atom is 0.340 e. The van der Waals surface area contributed by atoms with Gasteiger partial charge in [0.25, 0.3) is 5.91 Å². The average molecular weight is 821 g/mol. The van der Waals surface area contributed by atoms with E-state index >= 15 is 0 Å². The molecule has 1 atom stereocenters. The number of aromatic nitrogens is 1. The molecule has 59 heavy (non-hydrogen) atoms. The second-order valence-corrected chi connectivity index (χ2v) is 13.6. The van der Waals surface area contributed by atoms with Gasteiger partial charge in [-0.3, -0.25) is 29.6 Å². The van der Waals surface area contributed by atoms with Crippen molar-refractivity contribution in [2.24, 2.45) is 21.9 Å². The van der Waals surface area contributed by atoms with Gasteiger partial charge < -0.3 is 41.6 Å². The summed E-state index contributed by atoms with van der Waals surface area (Å²) in [7, 11) is 3.38. The fraction of sp³-hybridized carbons (Fsp3) is 0.442. The summed E-state index contributed by atoms with van der Waals surface area (Å²) >= 11 is 0. The number of aliphatic imine (C=N–C) groups is 1. The summed E-state index contributed by atoms with van der Waals surface area (Å²) in [6, 6.07) is 3.04. The lowest BCUT2D eigenvalue weighted by molar-refractivity contribution is -0.152. The Morgan fingerprint density at radius 3 is 1.85 bits per heavy atom. The monoisotopic (exact) mass is 820 g/mol. The molecule has 0 aliphatic rings. The maximum absolute atomic E-state index is 13.2. The van der Waals surface area contributed by atoms with Crippen LogP contribution in [-0.2, 0) is 28.7 Å². The van der Waals surface area contributed by atoms with Crippen molar-refractivity contribution in [2.45, 2.75) is 84.7 Å². The Hall–Kier alpha value is -6.32. The number of esters is 2. The number of guanidine groups is 2. The third kappa shape index (κ3) is 29.6. The molecule has 0 aromatic carbocycles. The number of amides is 2. The standard InChI is InChI=1S/C39H53N3O8.C4H11N5/c1-4-5-6-7-8-9-10-11-12-13-14-15-16-17-18-19-20-21-24-35(46)49-31-39(2,3)36(50-38(48)32-23-22-27-40-30-32)37(47)42-28-25-33(43)41-29-26-34(44)45;1-9(2)4(7)8-3(5)6/h5-6,8-9,11-12,14-15,17-18,20-23,27,30,36H,4,7,10,13,16,19,24-26,28-29,31H2,1-3H3,(H,41,43)(H,42,47)(H,44,45);1-2H3,(H5,5,6,7,8)/b6-5-,9-8-,12-11-,15-14-,18-17-,21-20-;/t36-;/m0./s1. The molecule has 0 aliphatic carbocycles. The quantitative estimate of drug-likeness (QED) is 0.0326. The van der Waals surface area contributed by atoms with Crippen LogP contribution >= 0.6 is 0 Å². The molecule has 1 rings (SSSR count). The van der Waals surface area contributed by atoms with E-state index in [1.54, 1.807) is 40.1 Å². The topological polar surface area (TPSA) is 252 Å². The van der Waals surface area contributed by atoms with Gasteiger partial charge in [0.15, 0.2) is 12.1 Å². The van der Waals surface area contributed by atoms with Gasteiger partial charge in [0, 0.05) is 51.4 Å². The first-order valence-electron chi connectivity index (χ1n) is 19.4. The van der Waals surface area contributed by atoms with Gasteiger partial charge in [-0.25, -0.2) is 4.79 Å². The van der Waals surface area contributed by atoms with Crippen molar-refractivity contribution in [3.8, 4) is 0 Å². The highest BCUT2D eigenvalue weighted by molar-refractivity contribution is 5.92. The number of nitrogens with zero attached hydrogens (tertiary/aromatic N) is 3. The van der Waals surface area contributed by atoms with E-state index in [-0.39, 0.29) is 56.4 Å². The van der Waals surface area contributed by atoms with Crippen LogP contribution in [0.5, 0.6) is 0 Å². The summed E-state index contributed by atoms with van der Waals surface area (Å²) in [5, 5.41) is 20.8. The van der Waals surface area contributed by atoms with Crippen molar-refractivity contribution in [3.05, 3.63) is 103 Å². The summed E-state index contributed by atoms with van der Waals surface area (Å²) in [4.78, 5) is 69.9. The van der Waals surface area contributed by atoms with E-state index in [0.717, 1.165) is 32.1 Å². The number of nitrogens with two attached hydrogens (primary N) is 2. The molecule has 0 saturated carbocycles. The van der Waals surface area contributed by atoms with E-state index in [0.29, 0.717) is 6.42 Å². The lowest BCUT2D eigenvalue weighted by Crippen LogP contribution is -2.49. The van der Waals surface area contributed by atoms with Crippen molar-refractivity contribution in [1.82, 2.24) is 20.5 Å². The molecule has 0 saturated heterocycles. The Labute approximate surface area is 348 Å². The van der Waals surface area contributed by atoms with Crippen LogP contribution in [0, 0.1) is 10.8 Å². The van der Waals surface area contributed by atoms with Crippen molar-refractivity contribution in [3.63, 3.8) is 0 Å². The average Bonchev–Trinajstić information content (AvgIpc) is 3.18. The summed E-state index contributed by atoms with van der Waals surface area (Å²) in [6.45, 7) is 5.03. The number of carbonyl (C=O) groups is 5. The van der Waals surface area contributed by atoms with Crippen LogP contribution in [0.15, 0.2) is 102 Å². The van der Waals surface area contributed by atoms with Crippen molar-refractivity contribution < 1.29 is 38.6 Å². The number of nitrogens with one attached hydrogen (secondary N) is 3. The fourth-order valence-corrected chi connectivity index (χ4v) is 4.34. The predicted octanol–water partition coefficient (Wildman–Crippen LogP) is 5.12. The summed E-state index contributed by atoms with van der Waals surface area (Å²) in [6.07, 6.45) is 31.4. The molecule has 0 bridgehead atoms. The molecule has 0 fully saturated rings. The second-order valence-electron chi connectivity index (χ2n) is 13.6. The molecule has 324 valence electrons. The van der Waals surface area contributed by atoms with Crippen LogP contribution in [0.3, 0.4) is 0 Å². The third-order valence-corrected chi connectivity index (χ3v) is 7.53. The van der Waals surface area contributed by atoms with Gasteiger partial charge in [-0.05, 0) is 50.7 Å². The van der Waals surface area contributed by atoms with Crippen molar-refractivity contribution >= 4 is 41.6 Å². The predicted molar refractivity (Wildman–Crippen MR) is 231 cm³/mol.